The van der Waals surface area contributed by atoms with Crippen LogP contribution in [0.4, 0.5) is 5.95 Å². The molecule has 3 aromatic rings. The molecule has 2 atom stereocenters. The van der Waals surface area contributed by atoms with E-state index < -0.39 is 0 Å². The summed E-state index contributed by atoms with van der Waals surface area (Å²) in [7, 11) is 0. The third-order valence-electron chi connectivity index (χ3n) is 4.49. The van der Waals surface area contributed by atoms with Crippen LogP contribution in [0.5, 0.6) is 0 Å². The molecule has 120 valence electrons. The first kappa shape index (κ1) is 14.8. The van der Waals surface area contributed by atoms with Gasteiger partial charge in [-0.25, -0.2) is 9.97 Å². The topological polar surface area (TPSA) is 50.7 Å². The van der Waals surface area contributed by atoms with Crippen molar-refractivity contribution in [3.63, 3.8) is 0 Å². The Labute approximate surface area is 142 Å². The number of hydrogen-bond donors (Lipinski definition) is 1. The van der Waals surface area contributed by atoms with E-state index in [2.05, 4.69) is 56.7 Å². The Morgan fingerprint density at radius 1 is 0.958 bits per heavy atom. The molecule has 4 rings (SSSR count). The van der Waals surface area contributed by atoms with Crippen molar-refractivity contribution in [3.8, 4) is 11.3 Å². The Bertz CT molecular complexity index is 861. The summed E-state index contributed by atoms with van der Waals surface area (Å²) in [6.45, 7) is 4.02. The lowest BCUT2D eigenvalue weighted by atomic mass is 10.1. The SMILES string of the molecule is Cc1ccc(-c2ccnc(N[C@@H]3C[C@H]3c3ccccc3)n2)c(C)n1. The molecular weight excluding hydrogens is 296 g/mol. The van der Waals surface area contributed by atoms with E-state index in [-0.39, 0.29) is 0 Å². The van der Waals surface area contributed by atoms with Crippen molar-refractivity contribution in [1.82, 2.24) is 15.0 Å². The van der Waals surface area contributed by atoms with Crippen LogP contribution >= 0.6 is 0 Å². The van der Waals surface area contributed by atoms with E-state index in [0.29, 0.717) is 17.9 Å². The lowest BCUT2D eigenvalue weighted by molar-refractivity contribution is 1.00. The normalized spacial score (nSPS) is 19.1. The second kappa shape index (κ2) is 6.04. The first-order valence-corrected chi connectivity index (χ1v) is 8.30. The van der Waals surface area contributed by atoms with Gasteiger partial charge in [0.1, 0.15) is 0 Å². The van der Waals surface area contributed by atoms with Crippen LogP contribution in [0, 0.1) is 13.8 Å². The fraction of sp³-hybridized carbons (Fsp3) is 0.250. The van der Waals surface area contributed by atoms with Crippen molar-refractivity contribution in [2.45, 2.75) is 32.2 Å². The van der Waals surface area contributed by atoms with Gasteiger partial charge in [-0.05, 0) is 44.0 Å². The molecule has 4 heteroatoms. The second-order valence-electron chi connectivity index (χ2n) is 6.35. The van der Waals surface area contributed by atoms with Crippen LogP contribution in [0.25, 0.3) is 11.3 Å². The van der Waals surface area contributed by atoms with Crippen LogP contribution in [-0.4, -0.2) is 21.0 Å². The van der Waals surface area contributed by atoms with Crippen LogP contribution < -0.4 is 5.32 Å². The number of nitrogens with one attached hydrogen (secondary N) is 1. The average Bonchev–Trinajstić information content (AvgIpc) is 3.35. The number of pyridine rings is 1. The molecule has 0 saturated heterocycles. The van der Waals surface area contributed by atoms with E-state index in [0.717, 1.165) is 29.1 Å². The minimum absolute atomic E-state index is 0.417. The number of rotatable bonds is 4. The summed E-state index contributed by atoms with van der Waals surface area (Å²) in [5.41, 5.74) is 5.36. The third-order valence-corrected chi connectivity index (χ3v) is 4.49. The molecule has 0 bridgehead atoms. The van der Waals surface area contributed by atoms with E-state index in [1.165, 1.54) is 5.56 Å². The molecule has 1 aromatic carbocycles. The fourth-order valence-corrected chi connectivity index (χ4v) is 3.12. The minimum atomic E-state index is 0.417. The van der Waals surface area contributed by atoms with Crippen LogP contribution in [0.1, 0.15) is 29.3 Å². The number of aromatic nitrogens is 3. The maximum absolute atomic E-state index is 4.68. The molecule has 1 aliphatic carbocycles. The number of nitrogens with zero attached hydrogens (tertiary/aromatic N) is 3. The van der Waals surface area contributed by atoms with Gasteiger partial charge in [-0.2, -0.15) is 0 Å². The summed E-state index contributed by atoms with van der Waals surface area (Å²) in [6.07, 6.45) is 2.94. The summed E-state index contributed by atoms with van der Waals surface area (Å²) in [5.74, 6) is 1.25. The lowest BCUT2D eigenvalue weighted by Crippen LogP contribution is -2.08. The summed E-state index contributed by atoms with van der Waals surface area (Å²) < 4.78 is 0. The monoisotopic (exact) mass is 316 g/mol. The van der Waals surface area contributed by atoms with Gasteiger partial charge >= 0.3 is 0 Å². The van der Waals surface area contributed by atoms with E-state index in [4.69, 9.17) is 0 Å². The van der Waals surface area contributed by atoms with Gasteiger partial charge in [0.2, 0.25) is 5.95 Å². The highest BCUT2D eigenvalue weighted by atomic mass is 15.1. The highest BCUT2D eigenvalue weighted by Gasteiger charge is 2.38. The van der Waals surface area contributed by atoms with E-state index >= 15 is 0 Å². The third kappa shape index (κ3) is 3.00. The zero-order valence-corrected chi connectivity index (χ0v) is 13.9. The molecule has 2 heterocycles. The molecule has 1 saturated carbocycles. The van der Waals surface area contributed by atoms with Gasteiger partial charge in [0.05, 0.1) is 5.69 Å². The van der Waals surface area contributed by atoms with Gasteiger partial charge in [-0.3, -0.25) is 4.98 Å². The molecule has 1 N–H and O–H groups in total. The van der Waals surface area contributed by atoms with Crippen molar-refractivity contribution in [2.24, 2.45) is 0 Å². The van der Waals surface area contributed by atoms with Crippen molar-refractivity contribution in [2.75, 3.05) is 5.32 Å². The molecule has 0 radical (unpaired) electrons. The summed E-state index contributed by atoms with van der Waals surface area (Å²) in [6, 6.07) is 17.1. The Balaban J connectivity index is 1.52. The zero-order valence-electron chi connectivity index (χ0n) is 13.9. The maximum Gasteiger partial charge on any atom is 0.223 e. The van der Waals surface area contributed by atoms with Crippen molar-refractivity contribution in [3.05, 3.63) is 71.7 Å². The van der Waals surface area contributed by atoms with Crippen LogP contribution in [0.3, 0.4) is 0 Å². The van der Waals surface area contributed by atoms with Crippen molar-refractivity contribution in [1.29, 1.82) is 0 Å². The van der Waals surface area contributed by atoms with Gasteiger partial charge in [0, 0.05) is 35.1 Å². The number of anilines is 1. The Morgan fingerprint density at radius 2 is 1.79 bits per heavy atom. The number of hydrogen-bond acceptors (Lipinski definition) is 4. The van der Waals surface area contributed by atoms with Gasteiger partial charge in [0.15, 0.2) is 0 Å². The van der Waals surface area contributed by atoms with E-state index in [9.17, 15) is 0 Å². The van der Waals surface area contributed by atoms with Crippen LogP contribution in [0.2, 0.25) is 0 Å². The van der Waals surface area contributed by atoms with E-state index in [1.807, 2.05) is 32.2 Å². The van der Waals surface area contributed by atoms with E-state index in [1.54, 1.807) is 0 Å². The molecule has 0 aliphatic heterocycles. The number of aryl methyl sites for hydroxylation is 2. The number of benzene rings is 1. The zero-order chi connectivity index (χ0) is 16.5. The van der Waals surface area contributed by atoms with Crippen LogP contribution in [0.15, 0.2) is 54.7 Å². The average molecular weight is 316 g/mol. The molecule has 4 nitrogen and oxygen atoms in total. The second-order valence-corrected chi connectivity index (χ2v) is 6.35. The molecule has 0 spiro atoms. The smallest absolute Gasteiger partial charge is 0.223 e. The highest BCUT2D eigenvalue weighted by Crippen LogP contribution is 2.42. The highest BCUT2D eigenvalue weighted by molar-refractivity contribution is 5.62. The predicted octanol–water partition coefficient (Wildman–Crippen LogP) is 4.12. The van der Waals surface area contributed by atoms with Crippen molar-refractivity contribution < 1.29 is 0 Å². The Hall–Kier alpha value is -2.75. The summed E-state index contributed by atoms with van der Waals surface area (Å²) >= 11 is 0. The molecule has 2 aromatic heterocycles. The Morgan fingerprint density at radius 3 is 2.58 bits per heavy atom. The predicted molar refractivity (Wildman–Crippen MR) is 95.9 cm³/mol. The summed E-state index contributed by atoms with van der Waals surface area (Å²) in [5, 5.41) is 3.46. The van der Waals surface area contributed by atoms with Gasteiger partial charge in [0.25, 0.3) is 0 Å². The summed E-state index contributed by atoms with van der Waals surface area (Å²) in [4.78, 5) is 13.6. The molecule has 1 fully saturated rings. The molecule has 24 heavy (non-hydrogen) atoms. The first-order valence-electron chi connectivity index (χ1n) is 8.30. The van der Waals surface area contributed by atoms with Gasteiger partial charge in [-0.15, -0.1) is 0 Å². The van der Waals surface area contributed by atoms with Gasteiger partial charge < -0.3 is 5.32 Å². The Kier molecular flexibility index (Phi) is 3.73. The molecular formula is C20H20N4. The largest absolute Gasteiger partial charge is 0.351 e. The lowest BCUT2D eigenvalue weighted by Gasteiger charge is -2.08. The van der Waals surface area contributed by atoms with Crippen LogP contribution in [-0.2, 0) is 0 Å². The molecule has 1 aliphatic rings. The maximum atomic E-state index is 4.68. The quantitative estimate of drug-likeness (QED) is 0.786. The first-order chi connectivity index (χ1) is 11.7. The standard InChI is InChI=1S/C20H20N4/c1-13-8-9-16(14(2)22-13)18-10-11-21-20(23-18)24-19-12-17(19)15-6-4-3-5-7-15/h3-11,17,19H,12H2,1-2H3,(H,21,23,24)/t17-,19+/m0/s1. The molecule has 0 amide bonds. The molecule has 0 unspecified atom stereocenters. The van der Waals surface area contributed by atoms with Gasteiger partial charge in [-0.1, -0.05) is 30.3 Å². The minimum Gasteiger partial charge on any atom is -0.351 e. The van der Waals surface area contributed by atoms with Crippen molar-refractivity contribution >= 4 is 5.95 Å². The fourth-order valence-electron chi connectivity index (χ4n) is 3.12.